The van der Waals surface area contributed by atoms with Crippen LogP contribution >= 0.6 is 15.9 Å². The first kappa shape index (κ1) is 15.0. The zero-order valence-electron chi connectivity index (χ0n) is 11.3. The Labute approximate surface area is 126 Å². The van der Waals surface area contributed by atoms with Gasteiger partial charge < -0.3 is 5.32 Å². The Balaban J connectivity index is 1.99. The van der Waals surface area contributed by atoms with E-state index in [0.29, 0.717) is 28.4 Å². The largest absolute Gasteiger partial charge is 0.352 e. The molecule has 6 heteroatoms. The van der Waals surface area contributed by atoms with Gasteiger partial charge in [-0.05, 0) is 37.8 Å². The summed E-state index contributed by atoms with van der Waals surface area (Å²) in [6.07, 6.45) is 3.46. The zero-order chi connectivity index (χ0) is 14.7. The molecule has 0 heterocycles. The van der Waals surface area contributed by atoms with Gasteiger partial charge in [0.25, 0.3) is 11.6 Å². The van der Waals surface area contributed by atoms with Crippen molar-refractivity contribution in [2.24, 2.45) is 5.92 Å². The number of benzene rings is 1. The summed E-state index contributed by atoms with van der Waals surface area (Å²) in [6, 6.07) is 4.45. The van der Waals surface area contributed by atoms with Crippen LogP contribution in [0.5, 0.6) is 0 Å². The molecule has 0 radical (unpaired) electrons. The molecule has 1 aromatic carbocycles. The molecule has 1 saturated carbocycles. The van der Waals surface area contributed by atoms with Crippen molar-refractivity contribution in [2.75, 3.05) is 6.54 Å². The molecule has 1 N–H and O–H groups in total. The van der Waals surface area contributed by atoms with Gasteiger partial charge >= 0.3 is 0 Å². The number of aryl methyl sites for hydroxylation is 1. The van der Waals surface area contributed by atoms with Gasteiger partial charge in [-0.25, -0.2) is 0 Å². The Morgan fingerprint density at radius 1 is 1.50 bits per heavy atom. The van der Waals surface area contributed by atoms with Crippen LogP contribution in [-0.4, -0.2) is 22.2 Å². The number of nitro groups is 1. The van der Waals surface area contributed by atoms with E-state index < -0.39 is 4.92 Å². The number of rotatable bonds is 4. The number of amides is 1. The number of nitrogens with one attached hydrogen (secondary N) is 1. The van der Waals surface area contributed by atoms with Gasteiger partial charge in [0.1, 0.15) is 0 Å². The van der Waals surface area contributed by atoms with Crippen LogP contribution in [0.3, 0.4) is 0 Å². The number of carbonyl (C=O) groups is 1. The molecule has 2 atom stereocenters. The lowest BCUT2D eigenvalue weighted by molar-refractivity contribution is -0.385. The van der Waals surface area contributed by atoms with E-state index in [1.807, 2.05) is 0 Å². The summed E-state index contributed by atoms with van der Waals surface area (Å²) in [5.74, 6) is 0.299. The van der Waals surface area contributed by atoms with Crippen LogP contribution in [-0.2, 0) is 0 Å². The van der Waals surface area contributed by atoms with Gasteiger partial charge in [0, 0.05) is 28.6 Å². The van der Waals surface area contributed by atoms with Gasteiger partial charge in [-0.15, -0.1) is 0 Å². The third-order valence-corrected chi connectivity index (χ3v) is 4.95. The Kier molecular flexibility index (Phi) is 4.75. The van der Waals surface area contributed by atoms with Gasteiger partial charge in [0.2, 0.25) is 0 Å². The molecule has 1 amide bonds. The summed E-state index contributed by atoms with van der Waals surface area (Å²) >= 11 is 3.62. The normalized spacial score (nSPS) is 21.7. The molecule has 20 heavy (non-hydrogen) atoms. The van der Waals surface area contributed by atoms with Gasteiger partial charge in [-0.3, -0.25) is 14.9 Å². The highest BCUT2D eigenvalue weighted by Crippen LogP contribution is 2.30. The summed E-state index contributed by atoms with van der Waals surface area (Å²) in [7, 11) is 0. The fourth-order valence-electron chi connectivity index (χ4n) is 2.55. The van der Waals surface area contributed by atoms with Gasteiger partial charge in [0.15, 0.2) is 0 Å². The van der Waals surface area contributed by atoms with Crippen molar-refractivity contribution in [3.63, 3.8) is 0 Å². The summed E-state index contributed by atoms with van der Waals surface area (Å²) in [5, 5.41) is 13.6. The lowest BCUT2D eigenvalue weighted by Crippen LogP contribution is -2.31. The molecular weight excluding hydrogens is 324 g/mol. The molecule has 0 bridgehead atoms. The molecule has 0 spiro atoms. The van der Waals surface area contributed by atoms with Crippen molar-refractivity contribution in [1.29, 1.82) is 0 Å². The van der Waals surface area contributed by atoms with E-state index >= 15 is 0 Å². The van der Waals surface area contributed by atoms with Gasteiger partial charge in [0.05, 0.1) is 4.92 Å². The van der Waals surface area contributed by atoms with E-state index in [-0.39, 0.29) is 11.6 Å². The van der Waals surface area contributed by atoms with Gasteiger partial charge in [-0.1, -0.05) is 22.4 Å². The molecule has 2 rings (SSSR count). The van der Waals surface area contributed by atoms with E-state index in [4.69, 9.17) is 0 Å². The molecule has 0 aromatic heterocycles. The van der Waals surface area contributed by atoms with Crippen LogP contribution in [0.4, 0.5) is 5.69 Å². The van der Waals surface area contributed by atoms with Crippen molar-refractivity contribution in [3.05, 3.63) is 39.4 Å². The number of hydrogen-bond donors (Lipinski definition) is 1. The van der Waals surface area contributed by atoms with Crippen LogP contribution in [0, 0.1) is 23.0 Å². The Morgan fingerprint density at radius 2 is 2.25 bits per heavy atom. The third kappa shape index (κ3) is 3.36. The molecular formula is C14H17BrN2O3. The van der Waals surface area contributed by atoms with Crippen molar-refractivity contribution in [3.8, 4) is 0 Å². The topological polar surface area (TPSA) is 72.2 Å². The Morgan fingerprint density at radius 3 is 2.80 bits per heavy atom. The van der Waals surface area contributed by atoms with E-state index in [0.717, 1.165) is 12.8 Å². The van der Waals surface area contributed by atoms with Crippen LogP contribution < -0.4 is 5.32 Å². The molecule has 1 aliphatic carbocycles. The maximum absolute atomic E-state index is 12.0. The first-order chi connectivity index (χ1) is 9.49. The number of halogens is 1. The quantitative estimate of drug-likeness (QED) is 0.519. The monoisotopic (exact) mass is 340 g/mol. The second-order valence-corrected chi connectivity index (χ2v) is 6.35. The lowest BCUT2D eigenvalue weighted by Gasteiger charge is -2.14. The summed E-state index contributed by atoms with van der Waals surface area (Å²) in [5.41, 5.74) is 1.01. The van der Waals surface area contributed by atoms with Crippen molar-refractivity contribution >= 4 is 27.5 Å². The summed E-state index contributed by atoms with van der Waals surface area (Å²) < 4.78 is 0. The first-order valence-electron chi connectivity index (χ1n) is 6.66. The number of alkyl halides is 1. The predicted molar refractivity (Wildman–Crippen MR) is 80.2 cm³/mol. The smallest absolute Gasteiger partial charge is 0.272 e. The molecule has 1 aliphatic rings. The van der Waals surface area contributed by atoms with E-state index in [9.17, 15) is 14.9 Å². The van der Waals surface area contributed by atoms with E-state index in [2.05, 4.69) is 21.2 Å². The second kappa shape index (κ2) is 6.35. The van der Waals surface area contributed by atoms with Crippen LogP contribution in [0.25, 0.3) is 0 Å². The molecule has 0 aliphatic heterocycles. The van der Waals surface area contributed by atoms with Crippen molar-refractivity contribution in [1.82, 2.24) is 5.32 Å². The molecule has 0 saturated heterocycles. The van der Waals surface area contributed by atoms with E-state index in [1.54, 1.807) is 13.0 Å². The van der Waals surface area contributed by atoms with Gasteiger partial charge in [-0.2, -0.15) is 0 Å². The molecule has 1 fully saturated rings. The number of nitrogens with zero attached hydrogens (tertiary/aromatic N) is 1. The maximum Gasteiger partial charge on any atom is 0.272 e. The highest BCUT2D eigenvalue weighted by atomic mass is 79.9. The van der Waals surface area contributed by atoms with Crippen molar-refractivity contribution < 1.29 is 9.72 Å². The number of carbonyl (C=O) groups excluding carboxylic acids is 1. The zero-order valence-corrected chi connectivity index (χ0v) is 12.9. The number of nitro benzene ring substituents is 1. The van der Waals surface area contributed by atoms with E-state index in [1.165, 1.54) is 18.6 Å². The molecule has 5 nitrogen and oxygen atoms in total. The maximum atomic E-state index is 12.0. The lowest BCUT2D eigenvalue weighted by atomic mass is 10.1. The average molecular weight is 341 g/mol. The summed E-state index contributed by atoms with van der Waals surface area (Å²) in [6.45, 7) is 2.28. The standard InChI is InChI=1S/C14H17BrN2O3/c1-9-7-10(5-6-13(9)17(19)20)14(18)16-8-11-3-2-4-12(11)15/h5-7,11-12H,2-4,8H2,1H3,(H,16,18). The minimum Gasteiger partial charge on any atom is -0.352 e. The van der Waals surface area contributed by atoms with Crippen molar-refractivity contribution in [2.45, 2.75) is 31.0 Å². The minimum atomic E-state index is -0.440. The summed E-state index contributed by atoms with van der Waals surface area (Å²) in [4.78, 5) is 22.8. The number of hydrogen-bond acceptors (Lipinski definition) is 3. The molecule has 1 aromatic rings. The predicted octanol–water partition coefficient (Wildman–Crippen LogP) is 3.20. The fraction of sp³-hybridized carbons (Fsp3) is 0.500. The van der Waals surface area contributed by atoms with Crippen LogP contribution in [0.15, 0.2) is 18.2 Å². The highest BCUT2D eigenvalue weighted by molar-refractivity contribution is 9.09. The highest BCUT2D eigenvalue weighted by Gasteiger charge is 2.25. The SMILES string of the molecule is Cc1cc(C(=O)NCC2CCCC2Br)ccc1[N+](=O)[O-]. The first-order valence-corrected chi connectivity index (χ1v) is 7.58. The third-order valence-electron chi connectivity index (χ3n) is 3.75. The second-order valence-electron chi connectivity index (χ2n) is 5.18. The molecule has 2 unspecified atom stereocenters. The van der Waals surface area contributed by atoms with Crippen LogP contribution in [0.1, 0.15) is 35.2 Å². The average Bonchev–Trinajstić information content (AvgIpc) is 2.81. The van der Waals surface area contributed by atoms with Crippen LogP contribution in [0.2, 0.25) is 0 Å². The Hall–Kier alpha value is -1.43. The Bertz CT molecular complexity index is 533. The minimum absolute atomic E-state index is 0.0397. The molecule has 108 valence electrons. The fourth-order valence-corrected chi connectivity index (χ4v) is 3.32.